The molecule has 1 aromatic heterocycles. The molecule has 1 aliphatic heterocycles. The normalized spacial score (nSPS) is 18.6. The predicted molar refractivity (Wildman–Crippen MR) is 68.6 cm³/mol. The standard InChI is InChI=1S/C12H21N3S/c1-13-8-12-14-11(10-16-12)9-15-6-4-2-3-5-7-15/h10,13H,2-9H2,1H3. The molecule has 1 fully saturated rings. The number of hydrogen-bond acceptors (Lipinski definition) is 4. The van der Waals surface area contributed by atoms with Gasteiger partial charge in [-0.15, -0.1) is 11.3 Å². The second-order valence-electron chi connectivity index (χ2n) is 4.45. The summed E-state index contributed by atoms with van der Waals surface area (Å²) in [6.07, 6.45) is 5.51. The van der Waals surface area contributed by atoms with Crippen LogP contribution in [0.3, 0.4) is 0 Å². The first-order valence-corrected chi connectivity index (χ1v) is 7.06. The van der Waals surface area contributed by atoms with Gasteiger partial charge in [0, 0.05) is 18.5 Å². The van der Waals surface area contributed by atoms with Gasteiger partial charge >= 0.3 is 0 Å². The second kappa shape index (κ2) is 6.33. The Hall–Kier alpha value is -0.450. The van der Waals surface area contributed by atoms with Crippen LogP contribution in [0.25, 0.3) is 0 Å². The first-order valence-electron chi connectivity index (χ1n) is 6.19. The maximum absolute atomic E-state index is 4.64. The molecule has 0 aromatic carbocycles. The van der Waals surface area contributed by atoms with E-state index in [1.165, 1.54) is 49.5 Å². The van der Waals surface area contributed by atoms with E-state index in [9.17, 15) is 0 Å². The molecular formula is C12H21N3S. The SMILES string of the molecule is CNCc1nc(CN2CCCCCC2)cs1. The van der Waals surface area contributed by atoms with Gasteiger partial charge in [-0.3, -0.25) is 4.90 Å². The summed E-state index contributed by atoms with van der Waals surface area (Å²) in [7, 11) is 1.97. The molecule has 0 amide bonds. The molecule has 0 bridgehead atoms. The third-order valence-electron chi connectivity index (χ3n) is 3.01. The van der Waals surface area contributed by atoms with Gasteiger partial charge in [0.25, 0.3) is 0 Å². The fraction of sp³-hybridized carbons (Fsp3) is 0.750. The van der Waals surface area contributed by atoms with Crippen molar-refractivity contribution in [2.75, 3.05) is 20.1 Å². The first-order chi connectivity index (χ1) is 7.88. The molecule has 4 heteroatoms. The van der Waals surface area contributed by atoms with Gasteiger partial charge in [0.2, 0.25) is 0 Å². The topological polar surface area (TPSA) is 28.2 Å². The summed E-state index contributed by atoms with van der Waals surface area (Å²) in [4.78, 5) is 7.19. The zero-order valence-corrected chi connectivity index (χ0v) is 10.9. The average Bonchev–Trinajstić information content (AvgIpc) is 2.56. The number of nitrogens with one attached hydrogen (secondary N) is 1. The summed E-state index contributed by atoms with van der Waals surface area (Å²) in [5.41, 5.74) is 1.25. The number of rotatable bonds is 4. The van der Waals surface area contributed by atoms with Crippen LogP contribution in [0, 0.1) is 0 Å². The Bertz CT molecular complexity index is 303. The van der Waals surface area contributed by atoms with Gasteiger partial charge in [-0.2, -0.15) is 0 Å². The van der Waals surface area contributed by atoms with E-state index < -0.39 is 0 Å². The van der Waals surface area contributed by atoms with Crippen LogP contribution in [-0.4, -0.2) is 30.0 Å². The maximum Gasteiger partial charge on any atom is 0.107 e. The van der Waals surface area contributed by atoms with E-state index in [-0.39, 0.29) is 0 Å². The Balaban J connectivity index is 1.86. The highest BCUT2D eigenvalue weighted by Crippen LogP contribution is 2.15. The molecule has 1 saturated heterocycles. The first kappa shape index (κ1) is 12.0. The van der Waals surface area contributed by atoms with E-state index in [2.05, 4.69) is 20.6 Å². The van der Waals surface area contributed by atoms with Crippen molar-refractivity contribution in [3.05, 3.63) is 16.1 Å². The Morgan fingerprint density at radius 3 is 2.75 bits per heavy atom. The third-order valence-corrected chi connectivity index (χ3v) is 3.91. The Labute approximate surface area is 102 Å². The van der Waals surface area contributed by atoms with Crippen LogP contribution in [-0.2, 0) is 13.1 Å². The summed E-state index contributed by atoms with van der Waals surface area (Å²) in [6.45, 7) is 4.43. The fourth-order valence-corrected chi connectivity index (χ4v) is 2.97. The van der Waals surface area contributed by atoms with Crippen LogP contribution in [0.4, 0.5) is 0 Å². The van der Waals surface area contributed by atoms with Gasteiger partial charge in [0.1, 0.15) is 5.01 Å². The summed E-state index contributed by atoms with van der Waals surface area (Å²) in [5.74, 6) is 0. The minimum Gasteiger partial charge on any atom is -0.314 e. The largest absolute Gasteiger partial charge is 0.314 e. The average molecular weight is 239 g/mol. The van der Waals surface area contributed by atoms with Crippen molar-refractivity contribution >= 4 is 11.3 Å². The minimum atomic E-state index is 0.894. The van der Waals surface area contributed by atoms with E-state index in [0.717, 1.165) is 13.1 Å². The van der Waals surface area contributed by atoms with Gasteiger partial charge in [-0.1, -0.05) is 12.8 Å². The number of hydrogen-bond donors (Lipinski definition) is 1. The van der Waals surface area contributed by atoms with Crippen molar-refractivity contribution in [1.29, 1.82) is 0 Å². The molecule has 0 spiro atoms. The Morgan fingerprint density at radius 2 is 2.06 bits per heavy atom. The minimum absolute atomic E-state index is 0.894. The molecule has 90 valence electrons. The van der Waals surface area contributed by atoms with Crippen molar-refractivity contribution in [3.8, 4) is 0 Å². The number of likely N-dealkylation sites (tertiary alicyclic amines) is 1. The van der Waals surface area contributed by atoms with Crippen molar-refractivity contribution in [1.82, 2.24) is 15.2 Å². The second-order valence-corrected chi connectivity index (χ2v) is 5.40. The summed E-state index contributed by atoms with van der Waals surface area (Å²) < 4.78 is 0. The van der Waals surface area contributed by atoms with E-state index in [4.69, 9.17) is 0 Å². The van der Waals surface area contributed by atoms with Gasteiger partial charge in [0.05, 0.1) is 5.69 Å². The zero-order chi connectivity index (χ0) is 11.2. The summed E-state index contributed by atoms with van der Waals surface area (Å²) in [5, 5.41) is 6.55. The lowest BCUT2D eigenvalue weighted by Crippen LogP contribution is -2.24. The highest BCUT2D eigenvalue weighted by Gasteiger charge is 2.11. The van der Waals surface area contributed by atoms with Gasteiger partial charge in [0.15, 0.2) is 0 Å². The quantitative estimate of drug-likeness (QED) is 0.873. The number of thiazole rings is 1. The van der Waals surface area contributed by atoms with Gasteiger partial charge in [-0.05, 0) is 33.0 Å². The maximum atomic E-state index is 4.64. The fourth-order valence-electron chi connectivity index (χ4n) is 2.18. The van der Waals surface area contributed by atoms with E-state index in [1.807, 2.05) is 7.05 Å². The van der Waals surface area contributed by atoms with Crippen LogP contribution < -0.4 is 5.32 Å². The van der Waals surface area contributed by atoms with E-state index >= 15 is 0 Å². The lowest BCUT2D eigenvalue weighted by molar-refractivity contribution is 0.274. The molecule has 1 aromatic rings. The zero-order valence-electron chi connectivity index (χ0n) is 10.0. The lowest BCUT2D eigenvalue weighted by Gasteiger charge is -2.17. The van der Waals surface area contributed by atoms with Crippen molar-refractivity contribution < 1.29 is 0 Å². The van der Waals surface area contributed by atoms with Crippen LogP contribution in [0.2, 0.25) is 0 Å². The molecule has 3 nitrogen and oxygen atoms in total. The lowest BCUT2D eigenvalue weighted by atomic mass is 10.2. The van der Waals surface area contributed by atoms with E-state index in [1.54, 1.807) is 11.3 Å². The van der Waals surface area contributed by atoms with Crippen molar-refractivity contribution in [2.45, 2.75) is 38.8 Å². The smallest absolute Gasteiger partial charge is 0.107 e. The molecule has 2 heterocycles. The third kappa shape index (κ3) is 3.54. The van der Waals surface area contributed by atoms with E-state index in [0.29, 0.717) is 0 Å². The molecule has 1 aliphatic rings. The Kier molecular flexibility index (Phi) is 4.75. The monoisotopic (exact) mass is 239 g/mol. The van der Waals surface area contributed by atoms with Gasteiger partial charge in [-0.25, -0.2) is 4.98 Å². The molecule has 16 heavy (non-hydrogen) atoms. The molecule has 2 rings (SSSR count). The molecule has 0 radical (unpaired) electrons. The molecule has 1 N–H and O–H groups in total. The highest BCUT2D eigenvalue weighted by molar-refractivity contribution is 7.09. The highest BCUT2D eigenvalue weighted by atomic mass is 32.1. The number of nitrogens with zero attached hydrogens (tertiary/aromatic N) is 2. The summed E-state index contributed by atoms with van der Waals surface area (Å²) in [6, 6.07) is 0. The predicted octanol–water partition coefficient (Wildman–Crippen LogP) is 2.24. The van der Waals surface area contributed by atoms with Crippen LogP contribution in [0.15, 0.2) is 5.38 Å². The van der Waals surface area contributed by atoms with Crippen LogP contribution in [0.5, 0.6) is 0 Å². The van der Waals surface area contributed by atoms with Gasteiger partial charge < -0.3 is 5.32 Å². The van der Waals surface area contributed by atoms with Crippen LogP contribution >= 0.6 is 11.3 Å². The molecule has 0 unspecified atom stereocenters. The van der Waals surface area contributed by atoms with Crippen LogP contribution in [0.1, 0.15) is 36.4 Å². The van der Waals surface area contributed by atoms with Crippen molar-refractivity contribution in [2.24, 2.45) is 0 Å². The summed E-state index contributed by atoms with van der Waals surface area (Å²) >= 11 is 1.77. The van der Waals surface area contributed by atoms with Crippen molar-refractivity contribution in [3.63, 3.8) is 0 Å². The molecule has 0 aliphatic carbocycles. The molecular weight excluding hydrogens is 218 g/mol. The molecule has 0 saturated carbocycles. The number of aromatic nitrogens is 1. The molecule has 0 atom stereocenters. The Morgan fingerprint density at radius 1 is 1.31 bits per heavy atom.